The number of benzene rings is 1. The van der Waals surface area contributed by atoms with Crippen LogP contribution in [-0.2, 0) is 4.74 Å². The van der Waals surface area contributed by atoms with Crippen molar-refractivity contribution in [1.29, 1.82) is 0 Å². The van der Waals surface area contributed by atoms with Crippen molar-refractivity contribution in [3.05, 3.63) is 36.4 Å². The van der Waals surface area contributed by atoms with Gasteiger partial charge in [-0.1, -0.05) is 12.2 Å². The highest BCUT2D eigenvalue weighted by atomic mass is 16.6. The van der Waals surface area contributed by atoms with E-state index in [0.717, 1.165) is 17.0 Å². The lowest BCUT2D eigenvalue weighted by Crippen LogP contribution is -2.37. The van der Waals surface area contributed by atoms with E-state index in [-0.39, 0.29) is 6.09 Å². The molecule has 0 atom stereocenters. The Labute approximate surface area is 121 Å². The Morgan fingerprint density at radius 3 is 2.20 bits per heavy atom. The summed E-state index contributed by atoms with van der Waals surface area (Å²) in [6, 6.07) is 7.27. The van der Waals surface area contributed by atoms with Crippen molar-refractivity contribution >= 4 is 11.8 Å². The molecule has 0 bridgehead atoms. The smallest absolute Gasteiger partial charge is 0.415 e. The Morgan fingerprint density at radius 1 is 1.25 bits per heavy atom. The van der Waals surface area contributed by atoms with Crippen molar-refractivity contribution in [1.82, 2.24) is 0 Å². The standard InChI is InChI=1S/C16H23NO3/c1-12(2)11-17(15(18)20-16(3,4)5)13-7-9-14(19-6)10-8-13/h7-10H,1,11H2,2-6H3. The van der Waals surface area contributed by atoms with Gasteiger partial charge >= 0.3 is 6.09 Å². The first-order valence-electron chi connectivity index (χ1n) is 6.52. The van der Waals surface area contributed by atoms with Gasteiger partial charge in [-0.15, -0.1) is 0 Å². The minimum atomic E-state index is -0.531. The fourth-order valence-electron chi connectivity index (χ4n) is 1.61. The van der Waals surface area contributed by atoms with Gasteiger partial charge in [0, 0.05) is 12.2 Å². The Hall–Kier alpha value is -1.97. The average molecular weight is 277 g/mol. The van der Waals surface area contributed by atoms with Crippen molar-refractivity contribution in [3.63, 3.8) is 0 Å². The van der Waals surface area contributed by atoms with Crippen LogP contribution < -0.4 is 9.64 Å². The Balaban J connectivity index is 2.98. The Kier molecular flexibility index (Phi) is 5.19. The number of ether oxygens (including phenoxy) is 2. The summed E-state index contributed by atoms with van der Waals surface area (Å²) in [4.78, 5) is 13.8. The summed E-state index contributed by atoms with van der Waals surface area (Å²) in [6.45, 7) is 11.7. The number of hydrogen-bond acceptors (Lipinski definition) is 3. The third-order valence-electron chi connectivity index (χ3n) is 2.43. The molecule has 1 aromatic carbocycles. The summed E-state index contributed by atoms with van der Waals surface area (Å²) < 4.78 is 10.5. The summed E-state index contributed by atoms with van der Waals surface area (Å²) in [6.07, 6.45) is -0.384. The largest absolute Gasteiger partial charge is 0.497 e. The minimum absolute atomic E-state index is 0.384. The Morgan fingerprint density at radius 2 is 1.80 bits per heavy atom. The van der Waals surface area contributed by atoms with Crippen LogP contribution in [0.5, 0.6) is 5.75 Å². The predicted molar refractivity (Wildman–Crippen MR) is 81.4 cm³/mol. The summed E-state index contributed by atoms with van der Waals surface area (Å²) in [7, 11) is 1.61. The Bertz CT molecular complexity index is 471. The highest BCUT2D eigenvalue weighted by Gasteiger charge is 2.23. The molecule has 0 N–H and O–H groups in total. The van der Waals surface area contributed by atoms with Crippen molar-refractivity contribution in [2.24, 2.45) is 0 Å². The van der Waals surface area contributed by atoms with Crippen LogP contribution in [-0.4, -0.2) is 25.3 Å². The maximum atomic E-state index is 12.3. The lowest BCUT2D eigenvalue weighted by atomic mass is 10.2. The fourth-order valence-corrected chi connectivity index (χ4v) is 1.61. The molecular formula is C16H23NO3. The molecule has 0 aromatic heterocycles. The summed E-state index contributed by atoms with van der Waals surface area (Å²) in [5.41, 5.74) is 1.10. The van der Waals surface area contributed by atoms with Gasteiger partial charge in [0.05, 0.1) is 7.11 Å². The third kappa shape index (κ3) is 4.96. The van der Waals surface area contributed by atoms with Crippen LogP contribution in [0.4, 0.5) is 10.5 Å². The van der Waals surface area contributed by atoms with Crippen LogP contribution in [0.2, 0.25) is 0 Å². The van der Waals surface area contributed by atoms with Crippen molar-refractivity contribution < 1.29 is 14.3 Å². The van der Waals surface area contributed by atoms with Gasteiger partial charge in [-0.05, 0) is 52.0 Å². The van der Waals surface area contributed by atoms with Crippen molar-refractivity contribution in [2.75, 3.05) is 18.6 Å². The molecule has 0 saturated carbocycles. The number of hydrogen-bond donors (Lipinski definition) is 0. The molecule has 1 aromatic rings. The zero-order valence-electron chi connectivity index (χ0n) is 12.9. The molecule has 4 heteroatoms. The zero-order chi connectivity index (χ0) is 15.3. The first-order valence-corrected chi connectivity index (χ1v) is 6.52. The van der Waals surface area contributed by atoms with Crippen LogP contribution >= 0.6 is 0 Å². The number of methoxy groups -OCH3 is 1. The highest BCUT2D eigenvalue weighted by Crippen LogP contribution is 2.22. The summed E-state index contributed by atoms with van der Waals surface area (Å²) in [5, 5.41) is 0. The molecule has 20 heavy (non-hydrogen) atoms. The first-order chi connectivity index (χ1) is 9.23. The molecular weight excluding hydrogens is 254 g/mol. The van der Waals surface area contributed by atoms with E-state index in [2.05, 4.69) is 6.58 Å². The normalized spacial score (nSPS) is 10.8. The van der Waals surface area contributed by atoms with Crippen LogP contribution in [0.15, 0.2) is 36.4 Å². The highest BCUT2D eigenvalue weighted by molar-refractivity contribution is 5.88. The second-order valence-corrected chi connectivity index (χ2v) is 5.72. The number of anilines is 1. The third-order valence-corrected chi connectivity index (χ3v) is 2.43. The van der Waals surface area contributed by atoms with Gasteiger partial charge in [0.25, 0.3) is 0 Å². The predicted octanol–water partition coefficient (Wildman–Crippen LogP) is 4.01. The molecule has 1 rings (SSSR count). The number of carbonyl (C=O) groups excluding carboxylic acids is 1. The lowest BCUT2D eigenvalue weighted by Gasteiger charge is -2.27. The second kappa shape index (κ2) is 6.46. The van der Waals surface area contributed by atoms with E-state index in [4.69, 9.17) is 9.47 Å². The first kappa shape index (κ1) is 16.1. The van der Waals surface area contributed by atoms with Crippen LogP contribution in [0.25, 0.3) is 0 Å². The number of carbonyl (C=O) groups is 1. The minimum Gasteiger partial charge on any atom is -0.497 e. The van der Waals surface area contributed by atoms with E-state index < -0.39 is 5.60 Å². The molecule has 0 fully saturated rings. The molecule has 0 saturated heterocycles. The van der Waals surface area contributed by atoms with E-state index in [1.54, 1.807) is 12.0 Å². The lowest BCUT2D eigenvalue weighted by molar-refractivity contribution is 0.0583. The molecule has 1 amide bonds. The van der Waals surface area contributed by atoms with Crippen LogP contribution in [0, 0.1) is 0 Å². The molecule has 0 aliphatic carbocycles. The quantitative estimate of drug-likeness (QED) is 0.780. The van der Waals surface area contributed by atoms with Gasteiger partial charge in [-0.3, -0.25) is 4.90 Å². The van der Waals surface area contributed by atoms with Gasteiger partial charge in [-0.25, -0.2) is 4.79 Å². The number of rotatable bonds is 4. The second-order valence-electron chi connectivity index (χ2n) is 5.72. The number of nitrogens with zero attached hydrogens (tertiary/aromatic N) is 1. The van der Waals surface area contributed by atoms with E-state index >= 15 is 0 Å². The van der Waals surface area contributed by atoms with Gasteiger partial charge in [0.15, 0.2) is 0 Å². The molecule has 0 unspecified atom stereocenters. The molecule has 4 nitrogen and oxygen atoms in total. The van der Waals surface area contributed by atoms with E-state index in [1.807, 2.05) is 52.0 Å². The van der Waals surface area contributed by atoms with Crippen LogP contribution in [0.1, 0.15) is 27.7 Å². The summed E-state index contributed by atoms with van der Waals surface area (Å²) in [5.74, 6) is 0.744. The molecule has 0 radical (unpaired) electrons. The molecule has 0 spiro atoms. The SMILES string of the molecule is C=C(C)CN(C(=O)OC(C)(C)C)c1ccc(OC)cc1. The average Bonchev–Trinajstić information content (AvgIpc) is 2.34. The van der Waals surface area contributed by atoms with E-state index in [9.17, 15) is 4.79 Å². The van der Waals surface area contributed by atoms with E-state index in [0.29, 0.717) is 6.54 Å². The maximum Gasteiger partial charge on any atom is 0.415 e. The maximum absolute atomic E-state index is 12.3. The molecule has 0 aliphatic rings. The van der Waals surface area contributed by atoms with Gasteiger partial charge in [0.1, 0.15) is 11.4 Å². The fraction of sp³-hybridized carbons (Fsp3) is 0.438. The van der Waals surface area contributed by atoms with Gasteiger partial charge in [0.2, 0.25) is 0 Å². The molecule has 110 valence electrons. The summed E-state index contributed by atoms with van der Waals surface area (Å²) >= 11 is 0. The van der Waals surface area contributed by atoms with Crippen molar-refractivity contribution in [3.8, 4) is 5.75 Å². The molecule has 0 aliphatic heterocycles. The number of amides is 1. The topological polar surface area (TPSA) is 38.8 Å². The zero-order valence-corrected chi connectivity index (χ0v) is 12.9. The van der Waals surface area contributed by atoms with Gasteiger partial charge < -0.3 is 9.47 Å². The van der Waals surface area contributed by atoms with Crippen LogP contribution in [0.3, 0.4) is 0 Å². The van der Waals surface area contributed by atoms with Gasteiger partial charge in [-0.2, -0.15) is 0 Å². The van der Waals surface area contributed by atoms with E-state index in [1.165, 1.54) is 0 Å². The monoisotopic (exact) mass is 277 g/mol. The molecule has 0 heterocycles. The van der Waals surface area contributed by atoms with Crippen molar-refractivity contribution in [2.45, 2.75) is 33.3 Å².